The summed E-state index contributed by atoms with van der Waals surface area (Å²) in [4.78, 5) is 29.4. The van der Waals surface area contributed by atoms with Gasteiger partial charge in [-0.05, 0) is 54.3 Å². The van der Waals surface area contributed by atoms with E-state index in [2.05, 4.69) is 5.32 Å². The highest BCUT2D eigenvalue weighted by Crippen LogP contribution is 2.24. The third-order valence-electron chi connectivity index (χ3n) is 6.99. The van der Waals surface area contributed by atoms with Gasteiger partial charge in [0.2, 0.25) is 21.8 Å². The van der Waals surface area contributed by atoms with Crippen molar-refractivity contribution in [1.29, 1.82) is 0 Å². The molecule has 3 aromatic carbocycles. The molecule has 0 aliphatic heterocycles. The van der Waals surface area contributed by atoms with Crippen molar-refractivity contribution in [2.24, 2.45) is 0 Å². The summed E-state index contributed by atoms with van der Waals surface area (Å²) in [5, 5.41) is 3.98. The number of sulfonamides is 1. The van der Waals surface area contributed by atoms with E-state index in [1.807, 2.05) is 36.4 Å². The summed E-state index contributed by atoms with van der Waals surface area (Å²) in [6.07, 6.45) is 5.18. The summed E-state index contributed by atoms with van der Waals surface area (Å²) in [5.41, 5.74) is 1.87. The minimum atomic E-state index is -3.86. The van der Waals surface area contributed by atoms with Gasteiger partial charge in [0, 0.05) is 29.1 Å². The van der Waals surface area contributed by atoms with Gasteiger partial charge in [-0.3, -0.25) is 13.9 Å². The number of hydrogen-bond acceptors (Lipinski definition) is 4. The molecule has 7 nitrogen and oxygen atoms in total. The fraction of sp³-hybridized carbons (Fsp3) is 0.333. The van der Waals surface area contributed by atoms with Gasteiger partial charge < -0.3 is 10.2 Å². The van der Waals surface area contributed by atoms with Gasteiger partial charge in [0.15, 0.2) is 0 Å². The maximum Gasteiger partial charge on any atom is 0.244 e. The second kappa shape index (κ2) is 13.5. The van der Waals surface area contributed by atoms with E-state index in [-0.39, 0.29) is 30.6 Å². The highest BCUT2D eigenvalue weighted by molar-refractivity contribution is 7.92. The van der Waals surface area contributed by atoms with Crippen molar-refractivity contribution < 1.29 is 18.0 Å². The van der Waals surface area contributed by atoms with Crippen LogP contribution in [0, 0.1) is 0 Å². The Kier molecular flexibility index (Phi) is 10.1. The Bertz CT molecular complexity index is 1430. The average molecular weight is 603 g/mol. The van der Waals surface area contributed by atoms with Crippen molar-refractivity contribution in [3.63, 3.8) is 0 Å². The van der Waals surface area contributed by atoms with Crippen LogP contribution in [0.4, 0.5) is 5.69 Å². The molecule has 1 N–H and O–H groups in total. The standard InChI is InChI=1S/C30H33Cl2N3O4S/c1-40(38,39)35(27-16-8-13-25(32)19-27)21-29(36)34(20-23-11-7-12-24(31)17-23)28(18-22-9-3-2-4-10-22)30(37)33-26-14-5-6-15-26/h2-4,7-13,16-17,19,26,28H,5-6,14-15,18,20-21H2,1H3,(H,33,37)/t28-/m1/s1. The number of rotatable bonds is 11. The van der Waals surface area contributed by atoms with Gasteiger partial charge in [0.05, 0.1) is 11.9 Å². The Balaban J connectivity index is 1.72. The Labute approximate surface area is 246 Å². The number of carbonyl (C=O) groups is 2. The second-order valence-corrected chi connectivity index (χ2v) is 12.9. The molecule has 0 unspecified atom stereocenters. The Hall–Kier alpha value is -3.07. The summed E-state index contributed by atoms with van der Waals surface area (Å²) in [7, 11) is -3.86. The van der Waals surface area contributed by atoms with Crippen LogP contribution < -0.4 is 9.62 Å². The highest BCUT2D eigenvalue weighted by atomic mass is 35.5. The van der Waals surface area contributed by atoms with E-state index >= 15 is 0 Å². The number of hydrogen-bond donors (Lipinski definition) is 1. The van der Waals surface area contributed by atoms with E-state index in [0.717, 1.165) is 47.4 Å². The lowest BCUT2D eigenvalue weighted by molar-refractivity contribution is -0.140. The van der Waals surface area contributed by atoms with Crippen LogP contribution in [0.15, 0.2) is 78.9 Å². The molecule has 1 saturated carbocycles. The first-order valence-corrected chi connectivity index (χ1v) is 15.8. The lowest BCUT2D eigenvalue weighted by Crippen LogP contribution is -2.54. The van der Waals surface area contributed by atoms with Gasteiger partial charge in [0.1, 0.15) is 12.6 Å². The maximum absolute atomic E-state index is 14.1. The number of carbonyl (C=O) groups excluding carboxylic acids is 2. The summed E-state index contributed by atoms with van der Waals surface area (Å²) < 4.78 is 26.7. The number of halogens is 2. The number of nitrogens with zero attached hydrogens (tertiary/aromatic N) is 2. The second-order valence-electron chi connectivity index (χ2n) is 10.1. The summed E-state index contributed by atoms with van der Waals surface area (Å²) in [5.74, 6) is -0.785. The summed E-state index contributed by atoms with van der Waals surface area (Å²) in [6.45, 7) is -0.427. The fourth-order valence-electron chi connectivity index (χ4n) is 5.00. The van der Waals surface area contributed by atoms with E-state index in [0.29, 0.717) is 10.0 Å². The van der Waals surface area contributed by atoms with Gasteiger partial charge >= 0.3 is 0 Å². The van der Waals surface area contributed by atoms with E-state index in [1.54, 1.807) is 36.4 Å². The molecule has 212 valence electrons. The molecule has 0 aromatic heterocycles. The van der Waals surface area contributed by atoms with Crippen molar-refractivity contribution in [2.45, 2.75) is 50.7 Å². The quantitative estimate of drug-likeness (QED) is 0.316. The molecule has 1 aliphatic rings. The zero-order valence-electron chi connectivity index (χ0n) is 22.3. The van der Waals surface area contributed by atoms with E-state index in [1.165, 1.54) is 11.0 Å². The minimum Gasteiger partial charge on any atom is -0.352 e. The molecular formula is C30H33Cl2N3O4S. The lowest BCUT2D eigenvalue weighted by Gasteiger charge is -2.34. The van der Waals surface area contributed by atoms with Crippen LogP contribution in [-0.4, -0.2) is 50.0 Å². The van der Waals surface area contributed by atoms with Crippen LogP contribution in [0.3, 0.4) is 0 Å². The normalized spacial score (nSPS) is 14.5. The Morgan fingerprint density at radius 1 is 0.900 bits per heavy atom. The van der Waals surface area contributed by atoms with E-state index in [9.17, 15) is 18.0 Å². The Morgan fingerprint density at radius 2 is 1.52 bits per heavy atom. The highest BCUT2D eigenvalue weighted by Gasteiger charge is 2.34. The average Bonchev–Trinajstić information content (AvgIpc) is 3.42. The monoisotopic (exact) mass is 601 g/mol. The smallest absolute Gasteiger partial charge is 0.244 e. The molecule has 1 atom stereocenters. The molecule has 2 amide bonds. The number of nitrogens with one attached hydrogen (secondary N) is 1. The first kappa shape index (κ1) is 29.9. The predicted octanol–water partition coefficient (Wildman–Crippen LogP) is 5.46. The minimum absolute atomic E-state index is 0.0490. The lowest BCUT2D eigenvalue weighted by atomic mass is 10.0. The molecule has 1 fully saturated rings. The topological polar surface area (TPSA) is 86.8 Å². The molecular weight excluding hydrogens is 569 g/mol. The first-order valence-electron chi connectivity index (χ1n) is 13.2. The third-order valence-corrected chi connectivity index (χ3v) is 8.60. The van der Waals surface area contributed by atoms with Gasteiger partial charge in [0.25, 0.3) is 0 Å². The molecule has 0 spiro atoms. The maximum atomic E-state index is 14.1. The first-order chi connectivity index (χ1) is 19.1. The van der Waals surface area contributed by atoms with Crippen LogP contribution in [0.5, 0.6) is 0 Å². The molecule has 0 radical (unpaired) electrons. The van der Waals surface area contributed by atoms with Crippen molar-refractivity contribution in [1.82, 2.24) is 10.2 Å². The zero-order chi connectivity index (χ0) is 28.7. The summed E-state index contributed by atoms with van der Waals surface area (Å²) >= 11 is 12.4. The molecule has 1 aliphatic carbocycles. The van der Waals surface area contributed by atoms with Gasteiger partial charge in [-0.2, -0.15) is 0 Å². The van der Waals surface area contributed by atoms with Crippen molar-refractivity contribution in [3.8, 4) is 0 Å². The number of amides is 2. The molecule has 0 bridgehead atoms. The van der Waals surface area contributed by atoms with Gasteiger partial charge in [-0.15, -0.1) is 0 Å². The van der Waals surface area contributed by atoms with Crippen LogP contribution in [-0.2, 0) is 32.6 Å². The van der Waals surface area contributed by atoms with Gasteiger partial charge in [-0.25, -0.2) is 8.42 Å². The molecule has 4 rings (SSSR count). The molecule has 0 heterocycles. The third kappa shape index (κ3) is 8.22. The van der Waals surface area contributed by atoms with Crippen LogP contribution in [0.25, 0.3) is 0 Å². The predicted molar refractivity (Wildman–Crippen MR) is 160 cm³/mol. The van der Waals surface area contributed by atoms with Crippen LogP contribution in [0.2, 0.25) is 10.0 Å². The van der Waals surface area contributed by atoms with Crippen LogP contribution >= 0.6 is 23.2 Å². The molecule has 40 heavy (non-hydrogen) atoms. The SMILES string of the molecule is CS(=O)(=O)N(CC(=O)N(Cc1cccc(Cl)c1)[C@H](Cc1ccccc1)C(=O)NC1CCCC1)c1cccc(Cl)c1. The van der Waals surface area contributed by atoms with E-state index < -0.39 is 28.5 Å². The van der Waals surface area contributed by atoms with Crippen LogP contribution in [0.1, 0.15) is 36.8 Å². The van der Waals surface area contributed by atoms with Crippen molar-refractivity contribution in [3.05, 3.63) is 100 Å². The molecule has 0 saturated heterocycles. The largest absolute Gasteiger partial charge is 0.352 e. The number of benzene rings is 3. The summed E-state index contributed by atoms with van der Waals surface area (Å²) in [6, 6.07) is 22.0. The zero-order valence-corrected chi connectivity index (χ0v) is 24.6. The number of anilines is 1. The van der Waals surface area contributed by atoms with Crippen molar-refractivity contribution in [2.75, 3.05) is 17.1 Å². The molecule has 3 aromatic rings. The fourth-order valence-corrected chi connectivity index (χ4v) is 6.24. The molecule has 10 heteroatoms. The van der Waals surface area contributed by atoms with Gasteiger partial charge in [-0.1, -0.05) is 84.6 Å². The Morgan fingerprint density at radius 3 is 2.15 bits per heavy atom. The van der Waals surface area contributed by atoms with Crippen molar-refractivity contribution >= 4 is 50.7 Å². The van der Waals surface area contributed by atoms with E-state index in [4.69, 9.17) is 23.2 Å².